The van der Waals surface area contributed by atoms with Gasteiger partial charge in [-0.15, -0.1) is 0 Å². The Hall–Kier alpha value is -2.95. The molecule has 1 aliphatic carbocycles. The normalized spacial score (nSPS) is 13.9. The second-order valence-corrected chi connectivity index (χ2v) is 6.87. The highest BCUT2D eigenvalue weighted by Gasteiger charge is 2.16. The Labute approximate surface area is 166 Å². The van der Waals surface area contributed by atoms with E-state index < -0.39 is 0 Å². The number of methoxy groups -OCH3 is 3. The minimum absolute atomic E-state index is 0.0599. The van der Waals surface area contributed by atoms with Crippen LogP contribution < -0.4 is 19.5 Å². The molecule has 5 nitrogen and oxygen atoms in total. The summed E-state index contributed by atoms with van der Waals surface area (Å²) in [5, 5.41) is 3.02. The number of fused-ring (bicyclic) bond motifs is 1. The van der Waals surface area contributed by atoms with Crippen LogP contribution in [0.4, 0.5) is 0 Å². The highest BCUT2D eigenvalue weighted by Crippen LogP contribution is 2.40. The van der Waals surface area contributed by atoms with Crippen LogP contribution in [0.15, 0.2) is 36.4 Å². The summed E-state index contributed by atoms with van der Waals surface area (Å²) in [5.41, 5.74) is 4.71. The highest BCUT2D eigenvalue weighted by atomic mass is 16.5. The van der Waals surface area contributed by atoms with Gasteiger partial charge in [-0.2, -0.15) is 0 Å². The van der Waals surface area contributed by atoms with Crippen molar-refractivity contribution < 1.29 is 19.0 Å². The van der Waals surface area contributed by atoms with Crippen LogP contribution in [-0.4, -0.2) is 27.2 Å². The first-order chi connectivity index (χ1) is 13.6. The zero-order chi connectivity index (χ0) is 20.1. The Morgan fingerprint density at radius 3 is 2.46 bits per heavy atom. The van der Waals surface area contributed by atoms with E-state index in [1.54, 1.807) is 33.5 Å². The highest BCUT2D eigenvalue weighted by molar-refractivity contribution is 5.92. The number of benzene rings is 2. The van der Waals surface area contributed by atoms with Gasteiger partial charge in [0.25, 0.3) is 0 Å². The second kappa shape index (κ2) is 8.83. The van der Waals surface area contributed by atoms with E-state index in [4.69, 9.17) is 14.2 Å². The smallest absolute Gasteiger partial charge is 0.244 e. The first-order valence-corrected chi connectivity index (χ1v) is 9.46. The van der Waals surface area contributed by atoms with Crippen LogP contribution in [0.3, 0.4) is 0 Å². The molecule has 0 aliphatic heterocycles. The number of aryl methyl sites for hydroxylation is 2. The molecule has 0 saturated heterocycles. The summed E-state index contributed by atoms with van der Waals surface area (Å²) >= 11 is 0. The van der Waals surface area contributed by atoms with Gasteiger partial charge in [0, 0.05) is 11.6 Å². The summed E-state index contributed by atoms with van der Waals surface area (Å²) in [5.74, 6) is 1.44. The minimum atomic E-state index is -0.162. The van der Waals surface area contributed by atoms with Gasteiger partial charge in [0.2, 0.25) is 11.7 Å². The lowest BCUT2D eigenvalue weighted by Crippen LogP contribution is -2.24. The molecule has 2 aromatic rings. The number of rotatable bonds is 7. The standard InChI is InChI=1S/C23H27NO4/c1-15(18-9-8-16-6-5-7-19(16)14-18)24-21(25)13-11-17-10-12-20(26-2)23(28-4)22(17)27-3/h8-15H,5-7H2,1-4H3,(H,24,25)/b13-11+. The third-order valence-corrected chi connectivity index (χ3v) is 5.13. The fourth-order valence-electron chi connectivity index (χ4n) is 3.63. The van der Waals surface area contributed by atoms with Gasteiger partial charge < -0.3 is 19.5 Å². The summed E-state index contributed by atoms with van der Waals surface area (Å²) in [6.45, 7) is 2.00. The molecule has 0 heterocycles. The first kappa shape index (κ1) is 19.8. The van der Waals surface area contributed by atoms with Crippen LogP contribution in [0.2, 0.25) is 0 Å². The molecule has 0 saturated carbocycles. The van der Waals surface area contributed by atoms with Crippen LogP contribution in [0.5, 0.6) is 17.2 Å². The molecule has 0 fully saturated rings. The van der Waals surface area contributed by atoms with Gasteiger partial charge >= 0.3 is 0 Å². The predicted molar refractivity (Wildman–Crippen MR) is 110 cm³/mol. The molecule has 1 N–H and O–H groups in total. The molecule has 1 aliphatic rings. The fraction of sp³-hybridized carbons (Fsp3) is 0.348. The van der Waals surface area contributed by atoms with Gasteiger partial charge in [0.1, 0.15) is 0 Å². The number of ether oxygens (including phenoxy) is 3. The molecule has 3 rings (SSSR count). The average molecular weight is 381 g/mol. The van der Waals surface area contributed by atoms with Gasteiger partial charge in [-0.3, -0.25) is 4.79 Å². The van der Waals surface area contributed by atoms with Gasteiger partial charge in [-0.05, 0) is 61.1 Å². The monoisotopic (exact) mass is 381 g/mol. The molecular formula is C23H27NO4. The molecule has 0 radical (unpaired) electrons. The van der Waals surface area contributed by atoms with Gasteiger partial charge in [0.05, 0.1) is 27.4 Å². The van der Waals surface area contributed by atoms with E-state index >= 15 is 0 Å². The molecule has 28 heavy (non-hydrogen) atoms. The quantitative estimate of drug-likeness (QED) is 0.734. The topological polar surface area (TPSA) is 56.8 Å². The lowest BCUT2D eigenvalue weighted by molar-refractivity contribution is -0.117. The Morgan fingerprint density at radius 2 is 1.75 bits per heavy atom. The maximum Gasteiger partial charge on any atom is 0.244 e. The van der Waals surface area contributed by atoms with E-state index in [2.05, 4.69) is 23.5 Å². The van der Waals surface area contributed by atoms with Gasteiger partial charge in [-0.1, -0.05) is 18.2 Å². The van der Waals surface area contributed by atoms with Crippen molar-refractivity contribution >= 4 is 12.0 Å². The van der Waals surface area contributed by atoms with Crippen LogP contribution >= 0.6 is 0 Å². The number of nitrogens with one attached hydrogen (secondary N) is 1. The summed E-state index contributed by atoms with van der Waals surface area (Å²) in [7, 11) is 4.68. The van der Waals surface area contributed by atoms with Crippen molar-refractivity contribution in [3.05, 3.63) is 58.7 Å². The maximum absolute atomic E-state index is 12.4. The lowest BCUT2D eigenvalue weighted by Gasteiger charge is -2.15. The van der Waals surface area contributed by atoms with Crippen molar-refractivity contribution in [2.75, 3.05) is 21.3 Å². The zero-order valence-electron chi connectivity index (χ0n) is 16.9. The summed E-state index contributed by atoms with van der Waals surface area (Å²) in [6, 6.07) is 10.1. The van der Waals surface area contributed by atoms with Gasteiger partial charge in [0.15, 0.2) is 11.5 Å². The number of hydrogen-bond acceptors (Lipinski definition) is 4. The number of carbonyl (C=O) groups excluding carboxylic acids is 1. The van der Waals surface area contributed by atoms with Crippen molar-refractivity contribution in [2.45, 2.75) is 32.2 Å². The number of hydrogen-bond donors (Lipinski definition) is 1. The second-order valence-electron chi connectivity index (χ2n) is 6.87. The zero-order valence-corrected chi connectivity index (χ0v) is 16.9. The third-order valence-electron chi connectivity index (χ3n) is 5.13. The molecule has 148 valence electrons. The molecular weight excluding hydrogens is 354 g/mol. The molecule has 5 heteroatoms. The molecule has 0 spiro atoms. The Kier molecular flexibility index (Phi) is 6.24. The van der Waals surface area contributed by atoms with E-state index in [0.29, 0.717) is 17.2 Å². The molecule has 2 aromatic carbocycles. The Balaban J connectivity index is 1.71. The Bertz CT molecular complexity index is 888. The first-order valence-electron chi connectivity index (χ1n) is 9.46. The largest absolute Gasteiger partial charge is 0.493 e. The van der Waals surface area contributed by atoms with Crippen LogP contribution in [0, 0.1) is 0 Å². The van der Waals surface area contributed by atoms with E-state index in [9.17, 15) is 4.79 Å². The summed E-state index contributed by atoms with van der Waals surface area (Å²) in [4.78, 5) is 12.4. The third kappa shape index (κ3) is 4.14. The number of amides is 1. The Morgan fingerprint density at radius 1 is 1.00 bits per heavy atom. The van der Waals surface area contributed by atoms with Crippen molar-refractivity contribution in [3.63, 3.8) is 0 Å². The van der Waals surface area contributed by atoms with E-state index in [0.717, 1.165) is 24.0 Å². The van der Waals surface area contributed by atoms with Crippen molar-refractivity contribution in [1.82, 2.24) is 5.32 Å². The summed E-state index contributed by atoms with van der Waals surface area (Å²) in [6.07, 6.45) is 6.73. The van der Waals surface area contributed by atoms with Crippen molar-refractivity contribution in [2.24, 2.45) is 0 Å². The van der Waals surface area contributed by atoms with Crippen molar-refractivity contribution in [1.29, 1.82) is 0 Å². The maximum atomic E-state index is 12.4. The predicted octanol–water partition coefficient (Wildman–Crippen LogP) is 4.09. The molecule has 0 bridgehead atoms. The van der Waals surface area contributed by atoms with E-state index in [1.807, 2.05) is 13.0 Å². The molecule has 1 amide bonds. The number of carbonyl (C=O) groups is 1. The van der Waals surface area contributed by atoms with Crippen LogP contribution in [0.25, 0.3) is 6.08 Å². The van der Waals surface area contributed by atoms with E-state index in [1.165, 1.54) is 23.6 Å². The minimum Gasteiger partial charge on any atom is -0.493 e. The molecule has 1 unspecified atom stereocenters. The average Bonchev–Trinajstić information content (AvgIpc) is 3.19. The van der Waals surface area contributed by atoms with Crippen LogP contribution in [-0.2, 0) is 17.6 Å². The van der Waals surface area contributed by atoms with Crippen LogP contribution in [0.1, 0.15) is 41.6 Å². The molecule has 0 aromatic heterocycles. The lowest BCUT2D eigenvalue weighted by atomic mass is 10.0. The SMILES string of the molecule is COc1ccc(/C=C/C(=O)NC(C)c2ccc3c(c2)CCC3)c(OC)c1OC. The van der Waals surface area contributed by atoms with Crippen molar-refractivity contribution in [3.8, 4) is 17.2 Å². The summed E-state index contributed by atoms with van der Waals surface area (Å²) < 4.78 is 16.1. The fourth-order valence-corrected chi connectivity index (χ4v) is 3.63. The van der Waals surface area contributed by atoms with Gasteiger partial charge in [-0.25, -0.2) is 0 Å². The van der Waals surface area contributed by atoms with E-state index in [-0.39, 0.29) is 11.9 Å². The molecule has 1 atom stereocenters.